The fourth-order valence-electron chi connectivity index (χ4n) is 1.91. The topological polar surface area (TPSA) is 79.9 Å². The Hall–Kier alpha value is -2.53. The number of carbonyl (C=O) groups is 1. The Bertz CT molecular complexity index is 592. The molecule has 0 saturated carbocycles. The number of nitrogens with zero attached hydrogens (tertiary/aromatic N) is 3. The summed E-state index contributed by atoms with van der Waals surface area (Å²) in [6.45, 7) is 3.60. The summed E-state index contributed by atoms with van der Waals surface area (Å²) in [5.74, 6) is -0.157. The average Bonchev–Trinajstić information content (AvgIpc) is 2.37. The third kappa shape index (κ3) is 1.87. The third-order valence-electron chi connectivity index (χ3n) is 2.94. The second-order valence-electron chi connectivity index (χ2n) is 4.65. The Balaban J connectivity index is 2.57. The van der Waals surface area contributed by atoms with Crippen LogP contribution in [0.3, 0.4) is 0 Å². The molecule has 1 aromatic carbocycles. The molecule has 1 amide bonds. The largest absolute Gasteiger partial charge is 0.342 e. The van der Waals surface area contributed by atoms with Gasteiger partial charge in [-0.3, -0.25) is 4.79 Å². The van der Waals surface area contributed by atoms with Crippen molar-refractivity contribution in [2.75, 3.05) is 16.8 Å². The minimum atomic E-state index is -0.805. The molecule has 0 unspecified atom stereocenters. The molecular weight excluding hydrogens is 228 g/mol. The fourth-order valence-corrected chi connectivity index (χ4v) is 1.91. The van der Waals surface area contributed by atoms with Crippen molar-refractivity contribution in [3.8, 4) is 12.1 Å². The summed E-state index contributed by atoms with van der Waals surface area (Å²) in [6.07, 6.45) is 0. The van der Waals surface area contributed by atoms with Gasteiger partial charge in [-0.15, -0.1) is 0 Å². The van der Waals surface area contributed by atoms with Gasteiger partial charge in [0.2, 0.25) is 5.91 Å². The minimum absolute atomic E-state index is 0.114. The Morgan fingerprint density at radius 1 is 1.39 bits per heavy atom. The van der Waals surface area contributed by atoms with Crippen LogP contribution in [0.2, 0.25) is 0 Å². The number of hydrogen-bond acceptors (Lipinski definition) is 4. The molecular formula is C13H12N4O. The van der Waals surface area contributed by atoms with Crippen LogP contribution >= 0.6 is 0 Å². The van der Waals surface area contributed by atoms with E-state index < -0.39 is 5.54 Å². The van der Waals surface area contributed by atoms with Crippen molar-refractivity contribution in [2.45, 2.75) is 19.4 Å². The van der Waals surface area contributed by atoms with E-state index >= 15 is 0 Å². The number of anilines is 2. The van der Waals surface area contributed by atoms with Gasteiger partial charge < -0.3 is 10.2 Å². The first kappa shape index (κ1) is 11.9. The van der Waals surface area contributed by atoms with E-state index in [0.29, 0.717) is 16.9 Å². The van der Waals surface area contributed by atoms with Gasteiger partial charge in [-0.25, -0.2) is 0 Å². The van der Waals surface area contributed by atoms with Gasteiger partial charge in [-0.05, 0) is 32.0 Å². The maximum absolute atomic E-state index is 11.6. The zero-order valence-corrected chi connectivity index (χ0v) is 10.2. The molecule has 0 bridgehead atoms. The summed E-state index contributed by atoms with van der Waals surface area (Å²) in [5, 5.41) is 20.9. The van der Waals surface area contributed by atoms with Crippen molar-refractivity contribution >= 4 is 17.3 Å². The molecule has 5 nitrogen and oxygen atoms in total. The van der Waals surface area contributed by atoms with Gasteiger partial charge in [-0.2, -0.15) is 10.5 Å². The highest BCUT2D eigenvalue weighted by Crippen LogP contribution is 2.34. The van der Waals surface area contributed by atoms with Crippen LogP contribution in [0, 0.1) is 22.7 Å². The number of nitriles is 2. The highest BCUT2D eigenvalue weighted by Gasteiger charge is 2.33. The molecule has 1 aliphatic heterocycles. The summed E-state index contributed by atoms with van der Waals surface area (Å²) in [6, 6.07) is 9.24. The molecule has 0 saturated heterocycles. The van der Waals surface area contributed by atoms with Gasteiger partial charge in [-0.1, -0.05) is 0 Å². The number of nitrogens with one attached hydrogen (secondary N) is 1. The maximum atomic E-state index is 11.6. The SMILES string of the molecule is CC(C)(C#N)N1CC(=O)Nc2ccc(C#N)cc21. The molecule has 0 aliphatic carbocycles. The van der Waals surface area contributed by atoms with Crippen molar-refractivity contribution in [1.29, 1.82) is 10.5 Å². The fraction of sp³-hybridized carbons (Fsp3) is 0.308. The number of benzene rings is 1. The standard InChI is InChI=1S/C13H12N4O/c1-13(2,8-15)17-7-12(18)16-10-4-3-9(6-14)5-11(10)17/h3-5H,7H2,1-2H3,(H,16,18). The summed E-state index contributed by atoms with van der Waals surface area (Å²) < 4.78 is 0. The molecule has 1 aliphatic rings. The molecule has 0 spiro atoms. The lowest BCUT2D eigenvalue weighted by Crippen LogP contribution is -2.49. The second-order valence-corrected chi connectivity index (χ2v) is 4.65. The molecule has 2 rings (SSSR count). The molecule has 0 fully saturated rings. The normalized spacial score (nSPS) is 14.2. The van der Waals surface area contributed by atoms with E-state index in [-0.39, 0.29) is 12.5 Å². The molecule has 1 N–H and O–H groups in total. The zero-order chi connectivity index (χ0) is 13.3. The first-order valence-corrected chi connectivity index (χ1v) is 5.51. The second kappa shape index (κ2) is 4.05. The van der Waals surface area contributed by atoms with Crippen LogP contribution in [0.25, 0.3) is 0 Å². The summed E-state index contributed by atoms with van der Waals surface area (Å²) in [4.78, 5) is 13.3. The van der Waals surface area contributed by atoms with Gasteiger partial charge >= 0.3 is 0 Å². The van der Waals surface area contributed by atoms with E-state index in [0.717, 1.165) is 0 Å². The highest BCUT2D eigenvalue weighted by molar-refractivity contribution is 6.01. The smallest absolute Gasteiger partial charge is 0.244 e. The summed E-state index contributed by atoms with van der Waals surface area (Å²) in [7, 11) is 0. The van der Waals surface area contributed by atoms with Gasteiger partial charge in [0.25, 0.3) is 0 Å². The lowest BCUT2D eigenvalue weighted by atomic mass is 10.0. The number of carbonyl (C=O) groups excluding carboxylic acids is 1. The molecule has 0 radical (unpaired) electrons. The van der Waals surface area contributed by atoms with Gasteiger partial charge in [0, 0.05) is 0 Å². The van der Waals surface area contributed by atoms with Gasteiger partial charge in [0.15, 0.2) is 0 Å². The lowest BCUT2D eigenvalue weighted by Gasteiger charge is -2.38. The molecule has 18 heavy (non-hydrogen) atoms. The lowest BCUT2D eigenvalue weighted by molar-refractivity contribution is -0.115. The summed E-state index contributed by atoms with van der Waals surface area (Å²) >= 11 is 0. The van der Waals surface area contributed by atoms with E-state index in [2.05, 4.69) is 17.5 Å². The van der Waals surface area contributed by atoms with E-state index in [9.17, 15) is 10.1 Å². The van der Waals surface area contributed by atoms with Crippen LogP contribution in [-0.2, 0) is 4.79 Å². The van der Waals surface area contributed by atoms with Crippen LogP contribution in [0.4, 0.5) is 11.4 Å². The summed E-state index contributed by atoms with van der Waals surface area (Å²) in [5.41, 5.74) is 1.04. The Morgan fingerprint density at radius 2 is 2.11 bits per heavy atom. The van der Waals surface area contributed by atoms with Crippen molar-refractivity contribution in [3.05, 3.63) is 23.8 Å². The zero-order valence-electron chi connectivity index (χ0n) is 10.2. The van der Waals surface area contributed by atoms with Crippen LogP contribution < -0.4 is 10.2 Å². The monoisotopic (exact) mass is 240 g/mol. The third-order valence-corrected chi connectivity index (χ3v) is 2.94. The first-order valence-electron chi connectivity index (χ1n) is 5.51. The molecule has 1 heterocycles. The predicted molar refractivity (Wildman–Crippen MR) is 66.8 cm³/mol. The molecule has 90 valence electrons. The number of rotatable bonds is 1. The number of fused-ring (bicyclic) bond motifs is 1. The maximum Gasteiger partial charge on any atom is 0.244 e. The highest BCUT2D eigenvalue weighted by atomic mass is 16.2. The average molecular weight is 240 g/mol. The van der Waals surface area contributed by atoms with Crippen molar-refractivity contribution < 1.29 is 4.79 Å². The van der Waals surface area contributed by atoms with Crippen molar-refractivity contribution in [1.82, 2.24) is 0 Å². The predicted octanol–water partition coefficient (Wildman–Crippen LogP) is 1.62. The molecule has 0 aromatic heterocycles. The number of hydrogen-bond donors (Lipinski definition) is 1. The first-order chi connectivity index (χ1) is 8.47. The minimum Gasteiger partial charge on any atom is -0.342 e. The van der Waals surface area contributed by atoms with Gasteiger partial charge in [0.05, 0.1) is 35.6 Å². The molecule has 5 heteroatoms. The van der Waals surface area contributed by atoms with Crippen molar-refractivity contribution in [3.63, 3.8) is 0 Å². The van der Waals surface area contributed by atoms with E-state index in [1.54, 1.807) is 36.9 Å². The number of amides is 1. The van der Waals surface area contributed by atoms with E-state index in [1.165, 1.54) is 0 Å². The Labute approximate surface area is 105 Å². The molecule has 1 aromatic rings. The quantitative estimate of drug-likeness (QED) is 0.808. The molecule has 0 atom stereocenters. The van der Waals surface area contributed by atoms with Crippen LogP contribution in [-0.4, -0.2) is 18.0 Å². The van der Waals surface area contributed by atoms with E-state index in [1.807, 2.05) is 0 Å². The Kier molecular flexibility index (Phi) is 2.68. The van der Waals surface area contributed by atoms with Crippen LogP contribution in [0.15, 0.2) is 18.2 Å². The van der Waals surface area contributed by atoms with Crippen molar-refractivity contribution in [2.24, 2.45) is 0 Å². The van der Waals surface area contributed by atoms with Crippen LogP contribution in [0.5, 0.6) is 0 Å². The van der Waals surface area contributed by atoms with Crippen LogP contribution in [0.1, 0.15) is 19.4 Å². The Morgan fingerprint density at radius 3 is 2.72 bits per heavy atom. The van der Waals surface area contributed by atoms with Gasteiger partial charge in [0.1, 0.15) is 5.54 Å². The van der Waals surface area contributed by atoms with E-state index in [4.69, 9.17) is 5.26 Å².